The molecule has 1 saturated heterocycles. The van der Waals surface area contributed by atoms with Gasteiger partial charge in [0, 0.05) is 25.7 Å². The molecule has 1 rings (SSSR count). The topological polar surface area (TPSA) is 41.6 Å². The maximum absolute atomic E-state index is 12.2. The van der Waals surface area contributed by atoms with Gasteiger partial charge < -0.3 is 10.1 Å². The van der Waals surface area contributed by atoms with Crippen LogP contribution in [0.25, 0.3) is 0 Å². The number of amides is 1. The van der Waals surface area contributed by atoms with Crippen LogP contribution in [0.2, 0.25) is 0 Å². The predicted molar refractivity (Wildman–Crippen MR) is 111 cm³/mol. The molecule has 0 aromatic rings. The van der Waals surface area contributed by atoms with Crippen molar-refractivity contribution in [3.63, 3.8) is 0 Å². The Morgan fingerprint density at radius 3 is 2.04 bits per heavy atom. The third kappa shape index (κ3) is 11.2. The zero-order valence-electron chi connectivity index (χ0n) is 17.7. The van der Waals surface area contributed by atoms with Crippen LogP contribution >= 0.6 is 0 Å². The van der Waals surface area contributed by atoms with Crippen LogP contribution in [-0.2, 0) is 9.53 Å². The SMILES string of the molecule is CCCCCCCCCCCCCCNC(=O)C1CN(C(C)C)CCO1. The van der Waals surface area contributed by atoms with Crippen LogP contribution in [0.4, 0.5) is 0 Å². The zero-order valence-corrected chi connectivity index (χ0v) is 17.7. The lowest BCUT2D eigenvalue weighted by Gasteiger charge is -2.34. The average molecular weight is 369 g/mol. The number of nitrogens with zero attached hydrogens (tertiary/aromatic N) is 1. The maximum atomic E-state index is 12.2. The number of hydrogen-bond donors (Lipinski definition) is 1. The number of ether oxygens (including phenoxy) is 1. The molecule has 0 spiro atoms. The van der Waals surface area contributed by atoms with Crippen molar-refractivity contribution in [1.82, 2.24) is 10.2 Å². The number of unbranched alkanes of at least 4 members (excludes halogenated alkanes) is 11. The molecule has 154 valence electrons. The molecule has 4 nitrogen and oxygen atoms in total. The highest BCUT2D eigenvalue weighted by atomic mass is 16.5. The van der Waals surface area contributed by atoms with Gasteiger partial charge in [0.05, 0.1) is 6.61 Å². The molecule has 26 heavy (non-hydrogen) atoms. The fourth-order valence-corrected chi connectivity index (χ4v) is 3.59. The van der Waals surface area contributed by atoms with Gasteiger partial charge >= 0.3 is 0 Å². The number of hydrogen-bond acceptors (Lipinski definition) is 3. The Morgan fingerprint density at radius 2 is 1.50 bits per heavy atom. The highest BCUT2D eigenvalue weighted by molar-refractivity contribution is 5.81. The summed E-state index contributed by atoms with van der Waals surface area (Å²) in [7, 11) is 0. The predicted octanol–water partition coefficient (Wildman–Crippen LogP) is 4.91. The molecule has 0 saturated carbocycles. The molecule has 1 aliphatic rings. The van der Waals surface area contributed by atoms with E-state index in [4.69, 9.17) is 4.74 Å². The molecule has 1 aliphatic heterocycles. The van der Waals surface area contributed by atoms with E-state index in [9.17, 15) is 4.79 Å². The van der Waals surface area contributed by atoms with Gasteiger partial charge in [0.1, 0.15) is 6.10 Å². The molecule has 1 fully saturated rings. The minimum atomic E-state index is -0.288. The maximum Gasteiger partial charge on any atom is 0.250 e. The Bertz CT molecular complexity index is 347. The average Bonchev–Trinajstić information content (AvgIpc) is 2.65. The Hall–Kier alpha value is -0.610. The standard InChI is InChI=1S/C22H44N2O2/c1-4-5-6-7-8-9-10-11-12-13-14-15-16-23-22(25)21-19-24(20(2)3)17-18-26-21/h20-21H,4-19H2,1-3H3,(H,23,25). The van der Waals surface area contributed by atoms with Gasteiger partial charge in [0.2, 0.25) is 5.91 Å². The lowest BCUT2D eigenvalue weighted by atomic mass is 10.1. The van der Waals surface area contributed by atoms with Crippen LogP contribution < -0.4 is 5.32 Å². The molecule has 1 N–H and O–H groups in total. The van der Waals surface area contributed by atoms with Crippen molar-refractivity contribution in [2.24, 2.45) is 0 Å². The molecule has 0 aromatic carbocycles. The van der Waals surface area contributed by atoms with Crippen LogP contribution in [0.15, 0.2) is 0 Å². The Labute approximate surface area is 162 Å². The second kappa shape index (κ2) is 15.4. The number of rotatable bonds is 15. The van der Waals surface area contributed by atoms with Gasteiger partial charge in [-0.05, 0) is 20.3 Å². The van der Waals surface area contributed by atoms with Crippen LogP contribution in [0.3, 0.4) is 0 Å². The number of carbonyl (C=O) groups excluding carboxylic acids is 1. The van der Waals surface area contributed by atoms with Crippen molar-refractivity contribution in [2.75, 3.05) is 26.2 Å². The molecule has 1 amide bonds. The van der Waals surface area contributed by atoms with E-state index in [0.29, 0.717) is 12.6 Å². The molecule has 0 aliphatic carbocycles. The lowest BCUT2D eigenvalue weighted by Crippen LogP contribution is -2.51. The normalized spacial score (nSPS) is 18.4. The summed E-state index contributed by atoms with van der Waals surface area (Å²) >= 11 is 0. The summed E-state index contributed by atoms with van der Waals surface area (Å²) in [5.74, 6) is 0.0680. The Kier molecular flexibility index (Phi) is 13.9. The monoisotopic (exact) mass is 368 g/mol. The van der Waals surface area contributed by atoms with E-state index in [1.807, 2.05) is 0 Å². The molecular weight excluding hydrogens is 324 g/mol. The van der Waals surface area contributed by atoms with E-state index >= 15 is 0 Å². The molecule has 0 bridgehead atoms. The summed E-state index contributed by atoms with van der Waals surface area (Å²) in [5.41, 5.74) is 0. The van der Waals surface area contributed by atoms with E-state index in [1.54, 1.807) is 0 Å². The van der Waals surface area contributed by atoms with Gasteiger partial charge in [0.15, 0.2) is 0 Å². The molecule has 0 aromatic heterocycles. The van der Waals surface area contributed by atoms with E-state index < -0.39 is 0 Å². The quantitative estimate of drug-likeness (QED) is 0.417. The fraction of sp³-hybridized carbons (Fsp3) is 0.955. The fourth-order valence-electron chi connectivity index (χ4n) is 3.59. The second-order valence-corrected chi connectivity index (χ2v) is 8.13. The zero-order chi connectivity index (χ0) is 19.0. The summed E-state index contributed by atoms with van der Waals surface area (Å²) in [4.78, 5) is 14.5. The first kappa shape index (κ1) is 23.4. The Balaban J connectivity index is 1.89. The van der Waals surface area contributed by atoms with Gasteiger partial charge in [-0.2, -0.15) is 0 Å². The van der Waals surface area contributed by atoms with Crippen molar-refractivity contribution >= 4 is 5.91 Å². The summed E-state index contributed by atoms with van der Waals surface area (Å²) in [6.07, 6.45) is 15.9. The van der Waals surface area contributed by atoms with Crippen LogP contribution in [0, 0.1) is 0 Å². The van der Waals surface area contributed by atoms with E-state index in [1.165, 1.54) is 70.6 Å². The van der Waals surface area contributed by atoms with Crippen LogP contribution in [-0.4, -0.2) is 49.2 Å². The summed E-state index contributed by atoms with van der Waals surface area (Å²) < 4.78 is 5.63. The smallest absolute Gasteiger partial charge is 0.250 e. The van der Waals surface area contributed by atoms with Crippen molar-refractivity contribution in [1.29, 1.82) is 0 Å². The summed E-state index contributed by atoms with van der Waals surface area (Å²) in [6.45, 7) is 9.73. The minimum absolute atomic E-state index is 0.0680. The van der Waals surface area contributed by atoms with Crippen molar-refractivity contribution in [3.8, 4) is 0 Å². The number of nitrogens with one attached hydrogen (secondary N) is 1. The Morgan fingerprint density at radius 1 is 0.962 bits per heavy atom. The molecule has 1 unspecified atom stereocenters. The molecular formula is C22H44N2O2. The number of morpholine rings is 1. The first-order valence-electron chi connectivity index (χ1n) is 11.3. The highest BCUT2D eigenvalue weighted by Gasteiger charge is 2.27. The molecule has 1 heterocycles. The lowest BCUT2D eigenvalue weighted by molar-refractivity contribution is -0.139. The first-order chi connectivity index (χ1) is 12.6. The van der Waals surface area contributed by atoms with Gasteiger partial charge in [-0.25, -0.2) is 0 Å². The largest absolute Gasteiger partial charge is 0.366 e. The molecule has 4 heteroatoms. The van der Waals surface area contributed by atoms with Gasteiger partial charge in [0.25, 0.3) is 0 Å². The highest BCUT2D eigenvalue weighted by Crippen LogP contribution is 2.12. The van der Waals surface area contributed by atoms with Gasteiger partial charge in [-0.3, -0.25) is 9.69 Å². The second-order valence-electron chi connectivity index (χ2n) is 8.13. The van der Waals surface area contributed by atoms with Gasteiger partial charge in [-0.1, -0.05) is 77.6 Å². The minimum Gasteiger partial charge on any atom is -0.366 e. The molecule has 0 radical (unpaired) electrons. The van der Waals surface area contributed by atoms with Crippen molar-refractivity contribution < 1.29 is 9.53 Å². The van der Waals surface area contributed by atoms with Gasteiger partial charge in [-0.15, -0.1) is 0 Å². The van der Waals surface area contributed by atoms with Crippen molar-refractivity contribution in [2.45, 2.75) is 110 Å². The third-order valence-corrected chi connectivity index (χ3v) is 5.45. The third-order valence-electron chi connectivity index (χ3n) is 5.45. The van der Waals surface area contributed by atoms with Crippen LogP contribution in [0.5, 0.6) is 0 Å². The van der Waals surface area contributed by atoms with E-state index in [-0.39, 0.29) is 12.0 Å². The summed E-state index contributed by atoms with van der Waals surface area (Å²) in [5, 5.41) is 3.06. The van der Waals surface area contributed by atoms with Crippen LogP contribution in [0.1, 0.15) is 97.8 Å². The molecule has 1 atom stereocenters. The first-order valence-corrected chi connectivity index (χ1v) is 11.3. The van der Waals surface area contributed by atoms with Crippen molar-refractivity contribution in [3.05, 3.63) is 0 Å². The summed E-state index contributed by atoms with van der Waals surface area (Å²) in [6, 6.07) is 0.477. The number of carbonyl (C=O) groups is 1. The van der Waals surface area contributed by atoms with E-state index in [2.05, 4.69) is 31.0 Å². The van der Waals surface area contributed by atoms with E-state index in [0.717, 1.165) is 26.1 Å².